The quantitative estimate of drug-likeness (QED) is 0.519. The van der Waals surface area contributed by atoms with E-state index in [0.717, 1.165) is 11.3 Å². The summed E-state index contributed by atoms with van der Waals surface area (Å²) in [5.41, 5.74) is 0.478. The predicted octanol–water partition coefficient (Wildman–Crippen LogP) is 2.62. The first-order valence-corrected chi connectivity index (χ1v) is 7.02. The van der Waals surface area contributed by atoms with Crippen LogP contribution in [0.5, 0.6) is 0 Å². The van der Waals surface area contributed by atoms with Crippen LogP contribution in [0.4, 0.5) is 10.7 Å². The summed E-state index contributed by atoms with van der Waals surface area (Å²) in [5.74, 6) is -0.789. The van der Waals surface area contributed by atoms with Crippen molar-refractivity contribution in [2.45, 2.75) is 6.42 Å². The van der Waals surface area contributed by atoms with E-state index in [4.69, 9.17) is 0 Å². The fourth-order valence-corrected chi connectivity index (χ4v) is 2.60. The van der Waals surface area contributed by atoms with Crippen LogP contribution in [0.15, 0.2) is 36.4 Å². The lowest BCUT2D eigenvalue weighted by Gasteiger charge is -2.02. The van der Waals surface area contributed by atoms with E-state index in [1.54, 1.807) is 18.2 Å². The second-order valence-electron chi connectivity index (χ2n) is 4.31. The largest absolute Gasteiger partial charge is 0.465 e. The Morgan fingerprint density at radius 1 is 1.32 bits per heavy atom. The minimum Gasteiger partial charge on any atom is -0.465 e. The Morgan fingerprint density at radius 3 is 2.77 bits per heavy atom. The van der Waals surface area contributed by atoms with E-state index in [-0.39, 0.29) is 18.0 Å². The zero-order valence-corrected chi connectivity index (χ0v) is 12.4. The number of rotatable bonds is 5. The Balaban J connectivity index is 2.01. The number of benzene rings is 1. The number of nitro benzene ring substituents is 1. The molecule has 0 spiro atoms. The molecule has 1 aromatic carbocycles. The number of thiophene rings is 1. The van der Waals surface area contributed by atoms with Crippen LogP contribution >= 0.6 is 11.3 Å². The van der Waals surface area contributed by atoms with Gasteiger partial charge in [0, 0.05) is 12.1 Å². The fourth-order valence-electron chi connectivity index (χ4n) is 1.76. The van der Waals surface area contributed by atoms with Gasteiger partial charge in [0.2, 0.25) is 5.91 Å². The molecule has 0 unspecified atom stereocenters. The summed E-state index contributed by atoms with van der Waals surface area (Å²) < 4.78 is 4.58. The second kappa shape index (κ2) is 6.81. The van der Waals surface area contributed by atoms with E-state index >= 15 is 0 Å². The summed E-state index contributed by atoms with van der Waals surface area (Å²) >= 11 is 1.10. The van der Waals surface area contributed by atoms with Crippen molar-refractivity contribution in [1.82, 2.24) is 0 Å². The highest BCUT2D eigenvalue weighted by molar-refractivity contribution is 7.18. The van der Waals surface area contributed by atoms with Gasteiger partial charge in [0.25, 0.3) is 5.69 Å². The molecule has 8 heteroatoms. The average molecular weight is 320 g/mol. The number of hydrogen-bond donors (Lipinski definition) is 1. The number of methoxy groups -OCH3 is 1. The first-order valence-electron chi connectivity index (χ1n) is 6.21. The first-order chi connectivity index (χ1) is 10.5. The number of nitrogens with zero attached hydrogens (tertiary/aromatic N) is 1. The van der Waals surface area contributed by atoms with Crippen LogP contribution in [0.25, 0.3) is 0 Å². The number of nitro groups is 1. The van der Waals surface area contributed by atoms with Crippen LogP contribution in [0.3, 0.4) is 0 Å². The predicted molar refractivity (Wildman–Crippen MR) is 81.1 cm³/mol. The number of anilines is 1. The van der Waals surface area contributed by atoms with Gasteiger partial charge in [-0.1, -0.05) is 12.1 Å². The van der Waals surface area contributed by atoms with Crippen LogP contribution < -0.4 is 5.32 Å². The van der Waals surface area contributed by atoms with E-state index in [1.807, 2.05) is 0 Å². The molecule has 1 N–H and O–H groups in total. The SMILES string of the molecule is COC(=O)c1ccc(NC(=O)Cc2cccc([N+](=O)[O-])c2)s1. The summed E-state index contributed by atoms with van der Waals surface area (Å²) in [6.45, 7) is 0. The molecule has 2 rings (SSSR count). The van der Waals surface area contributed by atoms with Gasteiger partial charge in [0.1, 0.15) is 4.88 Å². The van der Waals surface area contributed by atoms with Crippen LogP contribution in [0, 0.1) is 10.1 Å². The van der Waals surface area contributed by atoms with Crippen LogP contribution in [-0.4, -0.2) is 23.9 Å². The smallest absolute Gasteiger partial charge is 0.348 e. The summed E-state index contributed by atoms with van der Waals surface area (Å²) in [6, 6.07) is 9.04. The lowest BCUT2D eigenvalue weighted by Crippen LogP contribution is -2.13. The lowest BCUT2D eigenvalue weighted by molar-refractivity contribution is -0.384. The Hall–Kier alpha value is -2.74. The van der Waals surface area contributed by atoms with E-state index in [0.29, 0.717) is 15.4 Å². The lowest BCUT2D eigenvalue weighted by atomic mass is 10.1. The van der Waals surface area contributed by atoms with Crippen molar-refractivity contribution >= 4 is 33.9 Å². The number of hydrogen-bond acceptors (Lipinski definition) is 6. The molecule has 0 aliphatic heterocycles. The van der Waals surface area contributed by atoms with Gasteiger partial charge < -0.3 is 10.1 Å². The topological polar surface area (TPSA) is 98.5 Å². The zero-order chi connectivity index (χ0) is 16.1. The number of carbonyl (C=O) groups excluding carboxylic acids is 2. The minimum atomic E-state index is -0.511. The summed E-state index contributed by atoms with van der Waals surface area (Å²) in [7, 11) is 1.28. The van der Waals surface area contributed by atoms with Crippen molar-refractivity contribution in [2.75, 3.05) is 12.4 Å². The van der Waals surface area contributed by atoms with Gasteiger partial charge >= 0.3 is 5.97 Å². The molecule has 0 saturated heterocycles. The molecule has 22 heavy (non-hydrogen) atoms. The first kappa shape index (κ1) is 15.6. The third-order valence-corrected chi connectivity index (χ3v) is 3.72. The maximum absolute atomic E-state index is 11.9. The summed E-state index contributed by atoms with van der Waals surface area (Å²) in [5, 5.41) is 13.8. The maximum atomic E-state index is 11.9. The molecule has 7 nitrogen and oxygen atoms in total. The van der Waals surface area contributed by atoms with E-state index in [9.17, 15) is 19.7 Å². The number of carbonyl (C=O) groups is 2. The van der Waals surface area contributed by atoms with Gasteiger partial charge in [-0.15, -0.1) is 11.3 Å². The molecule has 0 atom stereocenters. The fraction of sp³-hybridized carbons (Fsp3) is 0.143. The molecule has 1 amide bonds. The molecule has 0 fully saturated rings. The van der Waals surface area contributed by atoms with Crippen molar-refractivity contribution in [3.05, 3.63) is 57.0 Å². The summed E-state index contributed by atoms with van der Waals surface area (Å²) in [4.78, 5) is 33.8. The van der Waals surface area contributed by atoms with E-state index in [2.05, 4.69) is 10.1 Å². The van der Waals surface area contributed by atoms with Gasteiger partial charge in [0.15, 0.2) is 0 Å². The molecule has 0 bridgehead atoms. The third-order valence-electron chi connectivity index (χ3n) is 2.74. The highest BCUT2D eigenvalue weighted by Crippen LogP contribution is 2.23. The van der Waals surface area contributed by atoms with Gasteiger partial charge in [-0.25, -0.2) is 4.79 Å². The van der Waals surface area contributed by atoms with Gasteiger partial charge in [-0.3, -0.25) is 14.9 Å². The number of ether oxygens (including phenoxy) is 1. The molecular weight excluding hydrogens is 308 g/mol. The number of nitrogens with one attached hydrogen (secondary N) is 1. The van der Waals surface area contributed by atoms with Gasteiger partial charge in [-0.05, 0) is 17.7 Å². The van der Waals surface area contributed by atoms with E-state index < -0.39 is 10.9 Å². The van der Waals surface area contributed by atoms with Crippen molar-refractivity contribution in [3.8, 4) is 0 Å². The zero-order valence-electron chi connectivity index (χ0n) is 11.6. The molecular formula is C14H12N2O5S. The molecule has 2 aromatic rings. The standard InChI is InChI=1S/C14H12N2O5S/c1-21-14(18)11-5-6-13(22-11)15-12(17)8-9-3-2-4-10(7-9)16(19)20/h2-7H,8H2,1H3,(H,15,17). The monoisotopic (exact) mass is 320 g/mol. The Kier molecular flexibility index (Phi) is 4.84. The third kappa shape index (κ3) is 3.89. The Labute approximate surface area is 129 Å². The number of non-ortho nitro benzene ring substituents is 1. The van der Waals surface area contributed by atoms with Crippen LogP contribution in [0.2, 0.25) is 0 Å². The maximum Gasteiger partial charge on any atom is 0.348 e. The molecule has 0 aliphatic carbocycles. The Morgan fingerprint density at radius 2 is 2.09 bits per heavy atom. The van der Waals surface area contributed by atoms with Crippen molar-refractivity contribution in [3.63, 3.8) is 0 Å². The molecule has 0 aliphatic rings. The second-order valence-corrected chi connectivity index (χ2v) is 5.39. The molecule has 0 radical (unpaired) electrons. The van der Waals surface area contributed by atoms with Crippen LogP contribution in [-0.2, 0) is 16.0 Å². The molecule has 1 aromatic heterocycles. The van der Waals surface area contributed by atoms with Crippen molar-refractivity contribution < 1.29 is 19.2 Å². The molecule has 114 valence electrons. The van der Waals surface area contributed by atoms with Gasteiger partial charge in [0.05, 0.1) is 23.5 Å². The normalized spacial score (nSPS) is 10.0. The van der Waals surface area contributed by atoms with Crippen molar-refractivity contribution in [2.24, 2.45) is 0 Å². The molecule has 1 heterocycles. The van der Waals surface area contributed by atoms with Gasteiger partial charge in [-0.2, -0.15) is 0 Å². The number of esters is 1. The molecule has 0 saturated carbocycles. The van der Waals surface area contributed by atoms with E-state index in [1.165, 1.54) is 25.3 Å². The van der Waals surface area contributed by atoms with Crippen LogP contribution in [0.1, 0.15) is 15.2 Å². The highest BCUT2D eigenvalue weighted by Gasteiger charge is 2.12. The highest BCUT2D eigenvalue weighted by atomic mass is 32.1. The average Bonchev–Trinajstić information content (AvgIpc) is 2.95. The Bertz CT molecular complexity index is 726. The number of amides is 1. The summed E-state index contributed by atoms with van der Waals surface area (Å²) in [6.07, 6.45) is 0.00708. The minimum absolute atomic E-state index is 0.00708. The van der Waals surface area contributed by atoms with Crippen molar-refractivity contribution in [1.29, 1.82) is 0 Å².